The van der Waals surface area contributed by atoms with Gasteiger partial charge in [-0.15, -0.1) is 0 Å². The van der Waals surface area contributed by atoms with Crippen molar-refractivity contribution in [2.24, 2.45) is 5.92 Å². The zero-order valence-corrected chi connectivity index (χ0v) is 10.9. The number of phenols is 1. The number of benzene rings is 1. The van der Waals surface area contributed by atoms with Gasteiger partial charge in [-0.05, 0) is 43.9 Å². The number of hydrogen-bond acceptors (Lipinski definition) is 3. The molecule has 0 aliphatic heterocycles. The second kappa shape index (κ2) is 5.59. The summed E-state index contributed by atoms with van der Waals surface area (Å²) in [5, 5.41) is 12.2. The van der Waals surface area contributed by atoms with Crippen LogP contribution in [0.25, 0.3) is 0 Å². The minimum Gasteiger partial charge on any atom is -0.506 e. The van der Waals surface area contributed by atoms with E-state index in [1.54, 1.807) is 13.0 Å². The highest BCUT2D eigenvalue weighted by molar-refractivity contribution is 6.32. The first-order chi connectivity index (χ1) is 8.56. The molecule has 0 spiro atoms. The molecule has 0 radical (unpaired) electrons. The van der Waals surface area contributed by atoms with Gasteiger partial charge < -0.3 is 15.2 Å². The minimum atomic E-state index is -0.488. The van der Waals surface area contributed by atoms with E-state index >= 15 is 0 Å². The van der Waals surface area contributed by atoms with Crippen molar-refractivity contribution >= 4 is 23.2 Å². The van der Waals surface area contributed by atoms with Gasteiger partial charge in [-0.3, -0.25) is 4.79 Å². The van der Waals surface area contributed by atoms with Crippen LogP contribution in [-0.2, 0) is 9.53 Å². The van der Waals surface area contributed by atoms with Crippen molar-refractivity contribution in [1.29, 1.82) is 0 Å². The molecule has 1 atom stereocenters. The van der Waals surface area contributed by atoms with Crippen LogP contribution in [-0.4, -0.2) is 23.7 Å². The van der Waals surface area contributed by atoms with E-state index in [1.165, 1.54) is 25.0 Å². The molecule has 0 heterocycles. The maximum Gasteiger partial charge on any atom is 0.253 e. The molecule has 1 unspecified atom stereocenters. The monoisotopic (exact) mass is 269 g/mol. The maximum absolute atomic E-state index is 11.8. The highest BCUT2D eigenvalue weighted by Gasteiger charge is 2.24. The summed E-state index contributed by atoms with van der Waals surface area (Å²) >= 11 is 5.76. The van der Waals surface area contributed by atoms with E-state index in [2.05, 4.69) is 5.32 Å². The van der Waals surface area contributed by atoms with Gasteiger partial charge in [0.2, 0.25) is 0 Å². The number of ether oxygens (including phenoxy) is 1. The van der Waals surface area contributed by atoms with E-state index in [-0.39, 0.29) is 16.7 Å². The Morgan fingerprint density at radius 3 is 2.94 bits per heavy atom. The van der Waals surface area contributed by atoms with E-state index in [0.29, 0.717) is 18.2 Å². The zero-order valence-electron chi connectivity index (χ0n) is 10.1. The molecule has 1 aromatic carbocycles. The molecule has 1 aliphatic carbocycles. The number of nitrogens with one attached hydrogen (secondary N) is 1. The quantitative estimate of drug-likeness (QED) is 0.808. The van der Waals surface area contributed by atoms with Gasteiger partial charge in [0.15, 0.2) is 0 Å². The van der Waals surface area contributed by atoms with Gasteiger partial charge >= 0.3 is 0 Å². The highest BCUT2D eigenvalue weighted by Crippen LogP contribution is 2.29. The van der Waals surface area contributed by atoms with Crippen LogP contribution < -0.4 is 5.32 Å². The molecule has 2 rings (SSSR count). The molecule has 0 bridgehead atoms. The Balaban J connectivity index is 1.86. The summed E-state index contributed by atoms with van der Waals surface area (Å²) in [5.41, 5.74) is 0.546. The fourth-order valence-corrected chi connectivity index (χ4v) is 1.65. The predicted molar refractivity (Wildman–Crippen MR) is 69.9 cm³/mol. The largest absolute Gasteiger partial charge is 0.506 e. The lowest BCUT2D eigenvalue weighted by molar-refractivity contribution is -0.126. The molecule has 4 nitrogen and oxygen atoms in total. The second-order valence-electron chi connectivity index (χ2n) is 4.57. The van der Waals surface area contributed by atoms with Crippen molar-refractivity contribution in [2.75, 3.05) is 11.9 Å². The summed E-state index contributed by atoms with van der Waals surface area (Å²) in [6.07, 6.45) is 1.90. The van der Waals surface area contributed by atoms with Gasteiger partial charge in [-0.25, -0.2) is 0 Å². The van der Waals surface area contributed by atoms with Gasteiger partial charge in [-0.2, -0.15) is 0 Å². The molecule has 1 aliphatic rings. The first kappa shape index (κ1) is 13.2. The van der Waals surface area contributed by atoms with Crippen LogP contribution >= 0.6 is 11.6 Å². The molecule has 1 amide bonds. The summed E-state index contributed by atoms with van der Waals surface area (Å²) in [5.74, 6) is 0.411. The third kappa shape index (κ3) is 3.62. The van der Waals surface area contributed by atoms with Gasteiger partial charge in [0.05, 0.1) is 11.6 Å². The van der Waals surface area contributed by atoms with Gasteiger partial charge in [0, 0.05) is 5.69 Å². The number of rotatable bonds is 5. The Morgan fingerprint density at radius 2 is 2.33 bits per heavy atom. The van der Waals surface area contributed by atoms with Crippen molar-refractivity contribution in [3.8, 4) is 5.75 Å². The molecule has 98 valence electrons. The zero-order chi connectivity index (χ0) is 13.1. The first-order valence-electron chi connectivity index (χ1n) is 5.97. The Morgan fingerprint density at radius 1 is 1.61 bits per heavy atom. The Bertz CT molecular complexity index is 446. The average molecular weight is 270 g/mol. The molecular weight excluding hydrogens is 254 g/mol. The number of phenolic OH excluding ortho intramolecular Hbond substituents is 1. The molecule has 0 aromatic heterocycles. The third-order valence-corrected chi connectivity index (χ3v) is 3.17. The van der Waals surface area contributed by atoms with E-state index < -0.39 is 6.10 Å². The Labute approximate surface area is 111 Å². The number of carbonyl (C=O) groups excluding carboxylic acids is 1. The summed E-state index contributed by atoms with van der Waals surface area (Å²) in [4.78, 5) is 11.8. The molecular formula is C13H16ClNO3. The van der Waals surface area contributed by atoms with E-state index in [1.807, 2.05) is 0 Å². The summed E-state index contributed by atoms with van der Waals surface area (Å²) in [6.45, 7) is 2.37. The van der Waals surface area contributed by atoms with Gasteiger partial charge in [0.25, 0.3) is 5.91 Å². The smallest absolute Gasteiger partial charge is 0.253 e. The first-order valence-corrected chi connectivity index (χ1v) is 6.35. The molecule has 18 heavy (non-hydrogen) atoms. The predicted octanol–water partition coefficient (Wildman–Crippen LogP) is 2.80. The fraction of sp³-hybridized carbons (Fsp3) is 0.462. The summed E-state index contributed by atoms with van der Waals surface area (Å²) in [7, 11) is 0. The van der Waals surface area contributed by atoms with Crippen molar-refractivity contribution < 1.29 is 14.6 Å². The average Bonchev–Trinajstić information content (AvgIpc) is 3.14. The van der Waals surface area contributed by atoms with Crippen molar-refractivity contribution in [3.63, 3.8) is 0 Å². The highest BCUT2D eigenvalue weighted by atomic mass is 35.5. The minimum absolute atomic E-state index is 0.00676. The molecule has 2 N–H and O–H groups in total. The fourth-order valence-electron chi connectivity index (χ4n) is 1.47. The van der Waals surface area contributed by atoms with Crippen LogP contribution in [0.3, 0.4) is 0 Å². The van der Waals surface area contributed by atoms with Crippen LogP contribution in [0.5, 0.6) is 5.75 Å². The lowest BCUT2D eigenvalue weighted by Gasteiger charge is -2.13. The van der Waals surface area contributed by atoms with Crippen LogP contribution in [0.2, 0.25) is 5.02 Å². The summed E-state index contributed by atoms with van der Waals surface area (Å²) < 4.78 is 5.46. The standard InChI is InChI=1S/C13H16ClNO3/c1-8(18-7-9-2-3-9)13(17)15-10-4-5-12(16)11(14)6-10/h4-6,8-9,16H,2-3,7H2,1H3,(H,15,17). The van der Waals surface area contributed by atoms with E-state index in [4.69, 9.17) is 16.3 Å². The Kier molecular flexibility index (Phi) is 4.09. The van der Waals surface area contributed by atoms with Gasteiger partial charge in [0.1, 0.15) is 11.9 Å². The lowest BCUT2D eigenvalue weighted by Crippen LogP contribution is -2.28. The molecule has 0 saturated heterocycles. The van der Waals surface area contributed by atoms with Crippen LogP contribution in [0.15, 0.2) is 18.2 Å². The number of amides is 1. The van der Waals surface area contributed by atoms with Gasteiger partial charge in [-0.1, -0.05) is 11.6 Å². The number of halogens is 1. The van der Waals surface area contributed by atoms with Crippen LogP contribution in [0.1, 0.15) is 19.8 Å². The third-order valence-electron chi connectivity index (χ3n) is 2.86. The van der Waals surface area contributed by atoms with E-state index in [0.717, 1.165) is 0 Å². The molecule has 1 aromatic rings. The molecule has 5 heteroatoms. The molecule has 1 fully saturated rings. The number of hydrogen-bond donors (Lipinski definition) is 2. The van der Waals surface area contributed by atoms with Crippen molar-refractivity contribution in [3.05, 3.63) is 23.2 Å². The molecule has 1 saturated carbocycles. The van der Waals surface area contributed by atoms with E-state index in [9.17, 15) is 9.90 Å². The Hall–Kier alpha value is -1.26. The van der Waals surface area contributed by atoms with Crippen LogP contribution in [0.4, 0.5) is 5.69 Å². The second-order valence-corrected chi connectivity index (χ2v) is 4.98. The van der Waals surface area contributed by atoms with Crippen LogP contribution in [0, 0.1) is 5.92 Å². The lowest BCUT2D eigenvalue weighted by atomic mass is 10.3. The summed E-state index contributed by atoms with van der Waals surface area (Å²) in [6, 6.07) is 4.53. The number of anilines is 1. The van der Waals surface area contributed by atoms with Crippen molar-refractivity contribution in [1.82, 2.24) is 0 Å². The SMILES string of the molecule is CC(OCC1CC1)C(=O)Nc1ccc(O)c(Cl)c1. The maximum atomic E-state index is 11.8. The van der Waals surface area contributed by atoms with Crippen molar-refractivity contribution in [2.45, 2.75) is 25.9 Å². The topological polar surface area (TPSA) is 58.6 Å². The number of carbonyl (C=O) groups is 1. The normalized spacial score (nSPS) is 16.3. The number of aromatic hydroxyl groups is 1.